The molecule has 4 heteroatoms. The first kappa shape index (κ1) is 14.6. The lowest BCUT2D eigenvalue weighted by Gasteiger charge is -2.30. The summed E-state index contributed by atoms with van der Waals surface area (Å²) in [7, 11) is 0. The predicted molar refractivity (Wildman–Crippen MR) is 75.0 cm³/mol. The van der Waals surface area contributed by atoms with Crippen LogP contribution in [0.15, 0.2) is 24.8 Å². The Kier molecular flexibility index (Phi) is 5.06. The van der Waals surface area contributed by atoms with Crippen LogP contribution in [-0.2, 0) is 9.47 Å². The van der Waals surface area contributed by atoms with Crippen molar-refractivity contribution in [3.8, 4) is 12.3 Å². The number of terminal acetylenes is 1. The van der Waals surface area contributed by atoms with Gasteiger partial charge in [-0.15, -0.1) is 24.6 Å². The standard InChI is InChI=1S/C15H19ClO3/c1-3-5-6-7-12-14-9-15(18-12)13(19-14)8-11(17)10(16)4-2/h1,4-6,10-15,17H,2,7-9H2/b6-5+/t10?,11?,12-,13+,14-,15-/m1/s1. The first-order valence-electron chi connectivity index (χ1n) is 6.52. The van der Waals surface area contributed by atoms with Crippen molar-refractivity contribution in [2.75, 3.05) is 0 Å². The number of hydrogen-bond donors (Lipinski definition) is 1. The van der Waals surface area contributed by atoms with Crippen LogP contribution in [0.4, 0.5) is 0 Å². The topological polar surface area (TPSA) is 38.7 Å². The van der Waals surface area contributed by atoms with Gasteiger partial charge in [-0.1, -0.05) is 18.1 Å². The molecule has 0 aliphatic carbocycles. The van der Waals surface area contributed by atoms with Gasteiger partial charge in [-0.25, -0.2) is 0 Å². The van der Waals surface area contributed by atoms with E-state index >= 15 is 0 Å². The lowest BCUT2D eigenvalue weighted by Crippen LogP contribution is -2.38. The van der Waals surface area contributed by atoms with E-state index in [0.29, 0.717) is 6.42 Å². The number of allylic oxidation sites excluding steroid dienone is 1. The second-order valence-electron chi connectivity index (χ2n) is 4.95. The van der Waals surface area contributed by atoms with Gasteiger partial charge in [-0.3, -0.25) is 0 Å². The van der Waals surface area contributed by atoms with Gasteiger partial charge in [-0.2, -0.15) is 0 Å². The molecule has 0 aromatic carbocycles. The van der Waals surface area contributed by atoms with Gasteiger partial charge in [0.05, 0.1) is 35.9 Å². The van der Waals surface area contributed by atoms with Crippen LogP contribution in [0.1, 0.15) is 19.3 Å². The number of aliphatic hydroxyl groups is 1. The number of hydrogen-bond acceptors (Lipinski definition) is 3. The molecule has 1 N–H and O–H groups in total. The monoisotopic (exact) mass is 282 g/mol. The molecule has 0 spiro atoms. The highest BCUT2D eigenvalue weighted by Gasteiger charge is 2.48. The fourth-order valence-corrected chi connectivity index (χ4v) is 2.76. The second kappa shape index (κ2) is 6.58. The quantitative estimate of drug-likeness (QED) is 0.460. The molecule has 2 heterocycles. The molecular formula is C15H19ClO3. The third-order valence-corrected chi connectivity index (χ3v) is 4.11. The van der Waals surface area contributed by atoms with Crippen molar-refractivity contribution in [2.24, 2.45) is 0 Å². The molecule has 0 amide bonds. The summed E-state index contributed by atoms with van der Waals surface area (Å²) in [6.45, 7) is 3.57. The SMILES string of the molecule is C#C/C=C/C[C@H]1O[C@@H]2C[C@H]1O[C@H]2CC(O)C(Cl)C=C. The molecule has 2 unspecified atom stereocenters. The highest BCUT2D eigenvalue weighted by Crippen LogP contribution is 2.38. The van der Waals surface area contributed by atoms with E-state index in [9.17, 15) is 5.11 Å². The van der Waals surface area contributed by atoms with Gasteiger partial charge >= 0.3 is 0 Å². The van der Waals surface area contributed by atoms with Crippen LogP contribution in [0.3, 0.4) is 0 Å². The van der Waals surface area contributed by atoms with Crippen molar-refractivity contribution in [2.45, 2.75) is 55.2 Å². The molecule has 2 saturated heterocycles. The summed E-state index contributed by atoms with van der Waals surface area (Å²) in [5, 5.41) is 9.43. The molecule has 2 rings (SSSR count). The van der Waals surface area contributed by atoms with E-state index < -0.39 is 11.5 Å². The molecule has 0 aromatic rings. The first-order chi connectivity index (χ1) is 9.15. The average molecular weight is 283 g/mol. The summed E-state index contributed by atoms with van der Waals surface area (Å²) in [6, 6.07) is 0. The van der Waals surface area contributed by atoms with E-state index in [2.05, 4.69) is 12.5 Å². The van der Waals surface area contributed by atoms with E-state index in [1.54, 1.807) is 6.08 Å². The van der Waals surface area contributed by atoms with Crippen molar-refractivity contribution in [1.82, 2.24) is 0 Å². The number of halogens is 1. The summed E-state index contributed by atoms with van der Waals surface area (Å²) in [4.78, 5) is 0. The number of fused-ring (bicyclic) bond motifs is 2. The molecule has 2 fully saturated rings. The third kappa shape index (κ3) is 3.40. The lowest BCUT2D eigenvalue weighted by molar-refractivity contribution is -0.144. The number of ether oxygens (including phenoxy) is 2. The minimum Gasteiger partial charge on any atom is -0.391 e. The number of rotatable bonds is 6. The van der Waals surface area contributed by atoms with Gasteiger partial charge in [0, 0.05) is 12.8 Å². The van der Waals surface area contributed by atoms with E-state index in [1.807, 2.05) is 6.08 Å². The maximum absolute atomic E-state index is 9.87. The van der Waals surface area contributed by atoms with Crippen molar-refractivity contribution in [3.05, 3.63) is 24.8 Å². The summed E-state index contributed by atoms with van der Waals surface area (Å²) in [5.41, 5.74) is 0. The third-order valence-electron chi connectivity index (χ3n) is 3.64. The second-order valence-corrected chi connectivity index (χ2v) is 5.45. The van der Waals surface area contributed by atoms with Crippen molar-refractivity contribution >= 4 is 11.6 Å². The van der Waals surface area contributed by atoms with Gasteiger partial charge in [0.25, 0.3) is 0 Å². The van der Waals surface area contributed by atoms with Crippen molar-refractivity contribution in [1.29, 1.82) is 0 Å². The smallest absolute Gasteiger partial charge is 0.0877 e. The van der Waals surface area contributed by atoms with Crippen molar-refractivity contribution < 1.29 is 14.6 Å². The molecule has 0 radical (unpaired) electrons. The Bertz CT molecular complexity index is 387. The van der Waals surface area contributed by atoms with Crippen LogP contribution in [0.2, 0.25) is 0 Å². The zero-order chi connectivity index (χ0) is 13.8. The predicted octanol–water partition coefficient (Wildman–Crippen LogP) is 2.04. The Hall–Kier alpha value is -0.790. The summed E-state index contributed by atoms with van der Waals surface area (Å²) in [6.07, 6.45) is 11.9. The maximum Gasteiger partial charge on any atom is 0.0877 e. The van der Waals surface area contributed by atoms with E-state index in [1.165, 1.54) is 6.08 Å². The summed E-state index contributed by atoms with van der Waals surface area (Å²) in [5.74, 6) is 2.46. The zero-order valence-corrected chi connectivity index (χ0v) is 11.5. The van der Waals surface area contributed by atoms with Gasteiger partial charge in [0.1, 0.15) is 0 Å². The Balaban J connectivity index is 1.81. The summed E-state index contributed by atoms with van der Waals surface area (Å²) < 4.78 is 11.8. The van der Waals surface area contributed by atoms with Crippen LogP contribution < -0.4 is 0 Å². The Labute approximate surface area is 119 Å². The van der Waals surface area contributed by atoms with Gasteiger partial charge in [-0.05, 0) is 12.5 Å². The summed E-state index contributed by atoms with van der Waals surface area (Å²) >= 11 is 5.92. The van der Waals surface area contributed by atoms with E-state index in [4.69, 9.17) is 27.5 Å². The van der Waals surface area contributed by atoms with Crippen LogP contribution in [0.5, 0.6) is 0 Å². The van der Waals surface area contributed by atoms with Gasteiger partial charge < -0.3 is 14.6 Å². The maximum atomic E-state index is 9.87. The number of alkyl halides is 1. The van der Waals surface area contributed by atoms with Crippen molar-refractivity contribution in [3.63, 3.8) is 0 Å². The lowest BCUT2D eigenvalue weighted by atomic mass is 10.0. The van der Waals surface area contributed by atoms with Crippen LogP contribution in [0, 0.1) is 12.3 Å². The van der Waals surface area contributed by atoms with E-state index in [-0.39, 0.29) is 24.4 Å². The first-order valence-corrected chi connectivity index (χ1v) is 6.96. The molecule has 3 nitrogen and oxygen atoms in total. The van der Waals surface area contributed by atoms with Crippen LogP contribution in [0.25, 0.3) is 0 Å². The molecule has 2 bridgehead atoms. The van der Waals surface area contributed by atoms with Gasteiger partial charge in [0.2, 0.25) is 0 Å². The van der Waals surface area contributed by atoms with Gasteiger partial charge in [0.15, 0.2) is 0 Å². The molecule has 104 valence electrons. The zero-order valence-electron chi connectivity index (χ0n) is 10.7. The Morgan fingerprint density at radius 1 is 1.42 bits per heavy atom. The van der Waals surface area contributed by atoms with Crippen LogP contribution in [-0.4, -0.2) is 41.0 Å². The molecule has 19 heavy (non-hydrogen) atoms. The highest BCUT2D eigenvalue weighted by atomic mass is 35.5. The largest absolute Gasteiger partial charge is 0.391 e. The Morgan fingerprint density at radius 3 is 2.68 bits per heavy atom. The molecule has 6 atom stereocenters. The van der Waals surface area contributed by atoms with E-state index in [0.717, 1.165) is 12.8 Å². The molecule has 0 aromatic heterocycles. The Morgan fingerprint density at radius 2 is 2.11 bits per heavy atom. The molecular weight excluding hydrogens is 264 g/mol. The minimum atomic E-state index is -0.646. The highest BCUT2D eigenvalue weighted by molar-refractivity contribution is 6.22. The number of aliphatic hydroxyl groups excluding tert-OH is 1. The molecule has 0 saturated carbocycles. The van der Waals surface area contributed by atoms with Crippen LogP contribution >= 0.6 is 11.6 Å². The normalized spacial score (nSPS) is 36.3. The fraction of sp³-hybridized carbons (Fsp3) is 0.600. The average Bonchev–Trinajstić information content (AvgIpc) is 2.97. The fourth-order valence-electron chi connectivity index (χ4n) is 2.65. The molecule has 2 aliphatic heterocycles. The minimum absolute atomic E-state index is 0.0533. The molecule has 2 aliphatic rings.